The van der Waals surface area contributed by atoms with Crippen LogP contribution in [-0.4, -0.2) is 4.57 Å². The van der Waals surface area contributed by atoms with Crippen LogP contribution < -0.4 is 11.3 Å². The normalized spacial score (nSPS) is 10.3. The fourth-order valence-corrected chi connectivity index (χ4v) is 1.28. The molecule has 0 spiro atoms. The highest BCUT2D eigenvalue weighted by molar-refractivity contribution is 5.25. The highest BCUT2D eigenvalue weighted by atomic mass is 16.1. The zero-order valence-corrected chi connectivity index (χ0v) is 7.72. The molecule has 0 radical (unpaired) electrons. The first kappa shape index (κ1) is 9.00. The molecule has 1 heterocycles. The van der Waals surface area contributed by atoms with Crippen LogP contribution in [0, 0.1) is 13.8 Å². The van der Waals surface area contributed by atoms with Crippen molar-refractivity contribution in [3.63, 3.8) is 0 Å². The van der Waals surface area contributed by atoms with E-state index in [1.165, 1.54) is 0 Å². The van der Waals surface area contributed by atoms with Gasteiger partial charge in [0.15, 0.2) is 0 Å². The van der Waals surface area contributed by atoms with E-state index in [9.17, 15) is 4.79 Å². The van der Waals surface area contributed by atoms with E-state index in [1.807, 2.05) is 19.9 Å². The van der Waals surface area contributed by atoms with Crippen molar-refractivity contribution in [1.82, 2.24) is 4.57 Å². The van der Waals surface area contributed by atoms with E-state index in [4.69, 9.17) is 5.73 Å². The molecule has 0 aliphatic carbocycles. The summed E-state index contributed by atoms with van der Waals surface area (Å²) in [6.07, 6.45) is 0. The second-order valence-corrected chi connectivity index (χ2v) is 3.02. The van der Waals surface area contributed by atoms with Gasteiger partial charge in [0, 0.05) is 24.8 Å². The summed E-state index contributed by atoms with van der Waals surface area (Å²) in [5, 5.41) is 0. The molecule has 1 aromatic heterocycles. The molecule has 0 saturated heterocycles. The maximum atomic E-state index is 11.5. The molecule has 0 atom stereocenters. The third-order valence-corrected chi connectivity index (χ3v) is 2.20. The van der Waals surface area contributed by atoms with Crippen molar-refractivity contribution < 1.29 is 0 Å². The van der Waals surface area contributed by atoms with Crippen molar-refractivity contribution in [3.8, 4) is 0 Å². The molecule has 0 fully saturated rings. The van der Waals surface area contributed by atoms with Gasteiger partial charge in [0.25, 0.3) is 5.56 Å². The van der Waals surface area contributed by atoms with Crippen LogP contribution in [0.2, 0.25) is 0 Å². The number of hydrogen-bond donors (Lipinski definition) is 1. The van der Waals surface area contributed by atoms with Crippen LogP contribution in [0.3, 0.4) is 0 Å². The van der Waals surface area contributed by atoms with Gasteiger partial charge in [-0.05, 0) is 25.5 Å². The fourth-order valence-electron chi connectivity index (χ4n) is 1.28. The minimum Gasteiger partial charge on any atom is -0.326 e. The van der Waals surface area contributed by atoms with E-state index in [0.29, 0.717) is 12.1 Å². The Morgan fingerprint density at radius 2 is 2.08 bits per heavy atom. The summed E-state index contributed by atoms with van der Waals surface area (Å²) in [6, 6.07) is 1.98. The Balaban J connectivity index is 3.52. The molecular weight excluding hydrogens is 152 g/mol. The fraction of sp³-hybridized carbons (Fsp3) is 0.444. The first-order valence-corrected chi connectivity index (χ1v) is 3.94. The Morgan fingerprint density at radius 1 is 1.50 bits per heavy atom. The SMILES string of the molecule is Cc1cc(C)n(C)c(=O)c1CN. The van der Waals surface area contributed by atoms with Crippen LogP contribution in [0.1, 0.15) is 16.8 Å². The summed E-state index contributed by atoms with van der Waals surface area (Å²) in [5.74, 6) is 0. The summed E-state index contributed by atoms with van der Waals surface area (Å²) in [6.45, 7) is 4.14. The lowest BCUT2D eigenvalue weighted by molar-refractivity contribution is 0.788. The number of nitrogens with two attached hydrogens (primary N) is 1. The molecule has 12 heavy (non-hydrogen) atoms. The zero-order chi connectivity index (χ0) is 9.30. The lowest BCUT2D eigenvalue weighted by atomic mass is 10.1. The van der Waals surface area contributed by atoms with Crippen LogP contribution in [0.5, 0.6) is 0 Å². The Bertz CT molecular complexity index is 352. The van der Waals surface area contributed by atoms with E-state index in [-0.39, 0.29) is 5.56 Å². The maximum Gasteiger partial charge on any atom is 0.255 e. The quantitative estimate of drug-likeness (QED) is 0.659. The van der Waals surface area contributed by atoms with Crippen LogP contribution >= 0.6 is 0 Å². The van der Waals surface area contributed by atoms with Crippen molar-refractivity contribution in [1.29, 1.82) is 0 Å². The first-order chi connectivity index (χ1) is 5.57. The minimum atomic E-state index is 0.0231. The largest absolute Gasteiger partial charge is 0.326 e. The minimum absolute atomic E-state index is 0.0231. The van der Waals surface area contributed by atoms with Crippen molar-refractivity contribution in [2.45, 2.75) is 20.4 Å². The Hall–Kier alpha value is -1.09. The van der Waals surface area contributed by atoms with Crippen molar-refractivity contribution in [3.05, 3.63) is 33.2 Å². The van der Waals surface area contributed by atoms with E-state index in [2.05, 4.69) is 0 Å². The van der Waals surface area contributed by atoms with Crippen LogP contribution in [-0.2, 0) is 13.6 Å². The van der Waals surface area contributed by atoms with Gasteiger partial charge in [0.05, 0.1) is 0 Å². The molecule has 0 saturated carbocycles. The molecule has 3 heteroatoms. The summed E-state index contributed by atoms with van der Waals surface area (Å²) < 4.78 is 1.62. The molecule has 3 nitrogen and oxygen atoms in total. The van der Waals surface area contributed by atoms with E-state index < -0.39 is 0 Å². The Kier molecular flexibility index (Phi) is 2.33. The molecule has 1 aromatic rings. The molecule has 0 amide bonds. The Labute approximate surface area is 71.8 Å². The van der Waals surface area contributed by atoms with Gasteiger partial charge in [0.1, 0.15) is 0 Å². The second kappa shape index (κ2) is 3.11. The van der Waals surface area contributed by atoms with Gasteiger partial charge in [0.2, 0.25) is 0 Å². The van der Waals surface area contributed by atoms with E-state index in [0.717, 1.165) is 11.3 Å². The molecule has 0 aliphatic heterocycles. The van der Waals surface area contributed by atoms with Crippen LogP contribution in [0.25, 0.3) is 0 Å². The maximum absolute atomic E-state index is 11.5. The topological polar surface area (TPSA) is 48.0 Å². The third-order valence-electron chi connectivity index (χ3n) is 2.20. The molecule has 0 unspecified atom stereocenters. The van der Waals surface area contributed by atoms with Gasteiger partial charge in [-0.1, -0.05) is 0 Å². The number of rotatable bonds is 1. The number of pyridine rings is 1. The standard InChI is InChI=1S/C9H14N2O/c1-6-4-7(2)11(3)9(12)8(6)5-10/h4H,5,10H2,1-3H3. The van der Waals surface area contributed by atoms with Crippen LogP contribution in [0.4, 0.5) is 0 Å². The first-order valence-electron chi connectivity index (χ1n) is 3.94. The second-order valence-electron chi connectivity index (χ2n) is 3.02. The number of nitrogens with zero attached hydrogens (tertiary/aromatic N) is 1. The molecule has 0 bridgehead atoms. The molecule has 66 valence electrons. The number of aryl methyl sites for hydroxylation is 2. The summed E-state index contributed by atoms with van der Waals surface area (Å²) in [7, 11) is 1.76. The van der Waals surface area contributed by atoms with Gasteiger partial charge in [-0.25, -0.2) is 0 Å². The van der Waals surface area contributed by atoms with E-state index >= 15 is 0 Å². The van der Waals surface area contributed by atoms with Crippen molar-refractivity contribution in [2.75, 3.05) is 0 Å². The molecule has 2 N–H and O–H groups in total. The highest BCUT2D eigenvalue weighted by Crippen LogP contribution is 2.03. The zero-order valence-electron chi connectivity index (χ0n) is 7.72. The van der Waals surface area contributed by atoms with Crippen LogP contribution in [0.15, 0.2) is 10.9 Å². The molecule has 1 rings (SSSR count). The number of aromatic nitrogens is 1. The molecule has 0 aromatic carbocycles. The van der Waals surface area contributed by atoms with Crippen molar-refractivity contribution in [2.24, 2.45) is 12.8 Å². The summed E-state index contributed by atoms with van der Waals surface area (Å²) in [5.41, 5.74) is 8.14. The van der Waals surface area contributed by atoms with Gasteiger partial charge in [-0.3, -0.25) is 4.79 Å². The Morgan fingerprint density at radius 3 is 2.58 bits per heavy atom. The van der Waals surface area contributed by atoms with Gasteiger partial charge in [-0.2, -0.15) is 0 Å². The predicted octanol–water partition coefficient (Wildman–Crippen LogP) is 0.461. The van der Waals surface area contributed by atoms with E-state index in [1.54, 1.807) is 11.6 Å². The monoisotopic (exact) mass is 166 g/mol. The van der Waals surface area contributed by atoms with Gasteiger partial charge < -0.3 is 10.3 Å². The predicted molar refractivity (Wildman–Crippen MR) is 49.0 cm³/mol. The average Bonchev–Trinajstić information content (AvgIpc) is 2.01. The molecule has 0 aliphatic rings. The highest BCUT2D eigenvalue weighted by Gasteiger charge is 2.04. The van der Waals surface area contributed by atoms with Gasteiger partial charge in [-0.15, -0.1) is 0 Å². The summed E-state index contributed by atoms with van der Waals surface area (Å²) in [4.78, 5) is 11.5. The average molecular weight is 166 g/mol. The molecular formula is C9H14N2O. The van der Waals surface area contributed by atoms with Crippen molar-refractivity contribution >= 4 is 0 Å². The summed E-state index contributed by atoms with van der Waals surface area (Å²) >= 11 is 0. The lowest BCUT2D eigenvalue weighted by Gasteiger charge is -2.08. The third kappa shape index (κ3) is 1.28. The van der Waals surface area contributed by atoms with Gasteiger partial charge >= 0.3 is 0 Å². The number of hydrogen-bond acceptors (Lipinski definition) is 2. The smallest absolute Gasteiger partial charge is 0.255 e. The lowest BCUT2D eigenvalue weighted by Crippen LogP contribution is -2.25.